The number of phenols is 1. The number of methoxy groups -OCH3 is 1. The van der Waals surface area contributed by atoms with E-state index in [0.29, 0.717) is 16.9 Å². The molecule has 41 heavy (non-hydrogen) atoms. The Morgan fingerprint density at radius 2 is 1.44 bits per heavy atom. The molecule has 2 saturated heterocycles. The van der Waals surface area contributed by atoms with Crippen molar-refractivity contribution in [1.29, 1.82) is 0 Å². The highest BCUT2D eigenvalue weighted by Crippen LogP contribution is 2.60. The summed E-state index contributed by atoms with van der Waals surface area (Å²) >= 11 is 0. The van der Waals surface area contributed by atoms with Gasteiger partial charge in [0.05, 0.1) is 30.8 Å². The fourth-order valence-corrected chi connectivity index (χ4v) is 7.28. The minimum Gasteiger partial charge on any atom is -0.508 e. The maximum absolute atomic E-state index is 13.8. The lowest BCUT2D eigenvalue weighted by Crippen LogP contribution is -2.43. The van der Waals surface area contributed by atoms with Crippen LogP contribution in [0.15, 0.2) is 29.8 Å². The minimum atomic E-state index is -1.04. The van der Waals surface area contributed by atoms with Crippen LogP contribution in [0.1, 0.15) is 50.0 Å². The zero-order chi connectivity index (χ0) is 29.6. The number of allylic oxidation sites excluding steroid dienone is 2. The van der Waals surface area contributed by atoms with E-state index in [2.05, 4.69) is 0 Å². The SMILES string of the molecule is COc1cccc(O)c1C1C2=CCC3C(=O)N(CCCC(=O)O)C(=O)C3C2CC2C(=O)N(CCCC(=O)O)C(=O)C21. The number of carbonyl (C=O) groups is 6. The smallest absolute Gasteiger partial charge is 0.303 e. The molecule has 12 nitrogen and oxygen atoms in total. The lowest BCUT2D eigenvalue weighted by atomic mass is 9.57. The number of imide groups is 2. The second kappa shape index (κ2) is 11.0. The summed E-state index contributed by atoms with van der Waals surface area (Å²) in [5.41, 5.74) is 1.01. The maximum Gasteiger partial charge on any atom is 0.303 e. The molecule has 218 valence electrons. The van der Waals surface area contributed by atoms with Crippen molar-refractivity contribution in [2.75, 3.05) is 20.2 Å². The van der Waals surface area contributed by atoms with Gasteiger partial charge in [-0.05, 0) is 43.7 Å². The Morgan fingerprint density at radius 1 is 0.854 bits per heavy atom. The molecule has 1 aromatic carbocycles. The summed E-state index contributed by atoms with van der Waals surface area (Å²) < 4.78 is 5.55. The highest BCUT2D eigenvalue weighted by molar-refractivity contribution is 6.08. The second-order valence-corrected chi connectivity index (χ2v) is 11.1. The van der Waals surface area contributed by atoms with Crippen molar-refractivity contribution in [2.45, 2.75) is 44.4 Å². The van der Waals surface area contributed by atoms with Gasteiger partial charge in [-0.2, -0.15) is 0 Å². The zero-order valence-electron chi connectivity index (χ0n) is 22.5. The number of ether oxygens (including phenoxy) is 1. The molecule has 1 saturated carbocycles. The van der Waals surface area contributed by atoms with Gasteiger partial charge in [-0.3, -0.25) is 38.6 Å². The van der Waals surface area contributed by atoms with Crippen LogP contribution in [0.2, 0.25) is 0 Å². The van der Waals surface area contributed by atoms with E-state index >= 15 is 0 Å². The van der Waals surface area contributed by atoms with E-state index in [0.717, 1.165) is 9.80 Å². The van der Waals surface area contributed by atoms with Gasteiger partial charge in [0.1, 0.15) is 11.5 Å². The van der Waals surface area contributed by atoms with Crippen LogP contribution in [0.3, 0.4) is 0 Å². The number of aliphatic carboxylic acids is 2. The average Bonchev–Trinajstić information content (AvgIpc) is 3.31. The summed E-state index contributed by atoms with van der Waals surface area (Å²) in [7, 11) is 1.43. The lowest BCUT2D eigenvalue weighted by molar-refractivity contribution is -0.143. The number of phenolic OH excluding ortho intramolecular Hbond substituents is 1. The van der Waals surface area contributed by atoms with E-state index in [4.69, 9.17) is 14.9 Å². The van der Waals surface area contributed by atoms with Crippen molar-refractivity contribution < 1.29 is 48.8 Å². The van der Waals surface area contributed by atoms with Crippen molar-refractivity contribution in [1.82, 2.24) is 9.80 Å². The molecule has 5 rings (SSSR count). The van der Waals surface area contributed by atoms with Crippen molar-refractivity contribution >= 4 is 35.6 Å². The summed E-state index contributed by atoms with van der Waals surface area (Å²) in [5.74, 6) is -8.16. The molecule has 2 aliphatic carbocycles. The van der Waals surface area contributed by atoms with Gasteiger partial charge in [-0.15, -0.1) is 0 Å². The highest BCUT2D eigenvalue weighted by atomic mass is 16.5. The van der Waals surface area contributed by atoms with Crippen molar-refractivity contribution in [2.24, 2.45) is 29.6 Å². The van der Waals surface area contributed by atoms with Crippen molar-refractivity contribution in [3.05, 3.63) is 35.4 Å². The Morgan fingerprint density at radius 3 is 2.02 bits per heavy atom. The number of hydrogen-bond acceptors (Lipinski definition) is 8. The third-order valence-corrected chi connectivity index (χ3v) is 8.95. The third-order valence-electron chi connectivity index (χ3n) is 8.95. The Hall–Kier alpha value is -4.22. The molecule has 1 aromatic rings. The monoisotopic (exact) mass is 568 g/mol. The lowest BCUT2D eigenvalue weighted by Gasteiger charge is -2.44. The maximum atomic E-state index is 13.8. The molecule has 0 radical (unpaired) electrons. The molecule has 6 unspecified atom stereocenters. The number of carboxylic acid groups (broad SMARTS) is 2. The molecule has 0 bridgehead atoms. The van der Waals surface area contributed by atoms with Gasteiger partial charge in [0, 0.05) is 37.4 Å². The van der Waals surface area contributed by atoms with Crippen LogP contribution in [0, 0.1) is 29.6 Å². The second-order valence-electron chi connectivity index (χ2n) is 11.1. The molecule has 3 N–H and O–H groups in total. The Bertz CT molecular complexity index is 1350. The standard InChI is InChI=1S/C29H32N2O10/c1-41-19-6-2-5-18(32)25(19)23-14-9-10-15-22(28(39)30(26(15)37)11-3-7-20(33)34)16(14)13-17-24(23)29(40)31(27(17)38)12-4-8-21(35)36/h2,5-6,9,15-17,22-24,32H,3-4,7-8,10-13H2,1H3,(H,33,34)(H,35,36). The molecule has 0 spiro atoms. The molecule has 12 heteroatoms. The van der Waals surface area contributed by atoms with Crippen LogP contribution in [0.5, 0.6) is 11.5 Å². The molecule has 2 aliphatic heterocycles. The van der Waals surface area contributed by atoms with Gasteiger partial charge in [0.25, 0.3) is 0 Å². The van der Waals surface area contributed by atoms with Crippen LogP contribution >= 0.6 is 0 Å². The predicted octanol–water partition coefficient (Wildman–Crippen LogP) is 1.77. The first-order valence-electron chi connectivity index (χ1n) is 13.8. The topological polar surface area (TPSA) is 179 Å². The summed E-state index contributed by atoms with van der Waals surface area (Å²) in [4.78, 5) is 78.6. The van der Waals surface area contributed by atoms with Gasteiger partial charge < -0.3 is 20.1 Å². The van der Waals surface area contributed by atoms with E-state index in [9.17, 15) is 33.9 Å². The van der Waals surface area contributed by atoms with Crippen LogP contribution in [0.4, 0.5) is 0 Å². The van der Waals surface area contributed by atoms with E-state index in [1.807, 2.05) is 6.08 Å². The number of rotatable bonds is 10. The number of aromatic hydroxyl groups is 1. The van der Waals surface area contributed by atoms with Gasteiger partial charge in [-0.1, -0.05) is 17.7 Å². The van der Waals surface area contributed by atoms with E-state index in [1.165, 1.54) is 13.2 Å². The van der Waals surface area contributed by atoms with Crippen molar-refractivity contribution in [3.8, 4) is 11.5 Å². The number of nitrogens with zero attached hydrogens (tertiary/aromatic N) is 2. The van der Waals surface area contributed by atoms with Crippen LogP contribution in [0.25, 0.3) is 0 Å². The van der Waals surface area contributed by atoms with Crippen molar-refractivity contribution in [3.63, 3.8) is 0 Å². The number of amides is 4. The molecule has 6 atom stereocenters. The predicted molar refractivity (Wildman–Crippen MR) is 139 cm³/mol. The summed E-state index contributed by atoms with van der Waals surface area (Å²) in [6.07, 6.45) is 2.03. The Kier molecular flexibility index (Phi) is 7.58. The molecule has 3 fully saturated rings. The van der Waals surface area contributed by atoms with Gasteiger partial charge in [-0.25, -0.2) is 0 Å². The summed E-state index contributed by atoms with van der Waals surface area (Å²) in [5, 5.41) is 29.1. The summed E-state index contributed by atoms with van der Waals surface area (Å²) in [6, 6.07) is 4.69. The van der Waals surface area contributed by atoms with Gasteiger partial charge in [0.15, 0.2) is 0 Å². The minimum absolute atomic E-state index is 0.0173. The van der Waals surface area contributed by atoms with E-state index in [1.54, 1.807) is 12.1 Å². The number of fused-ring (bicyclic) bond motifs is 4. The van der Waals surface area contributed by atoms with E-state index in [-0.39, 0.29) is 63.3 Å². The van der Waals surface area contributed by atoms with E-state index < -0.39 is 65.2 Å². The Labute approximate surface area is 235 Å². The third kappa shape index (κ3) is 4.74. The number of carboxylic acids is 2. The van der Waals surface area contributed by atoms with Crippen LogP contribution < -0.4 is 4.74 Å². The molecular formula is C29H32N2O10. The molecule has 0 aromatic heterocycles. The number of likely N-dealkylation sites (tertiary alicyclic amines) is 2. The fraction of sp³-hybridized carbons (Fsp3) is 0.517. The zero-order valence-corrected chi connectivity index (χ0v) is 22.5. The summed E-state index contributed by atoms with van der Waals surface area (Å²) in [6.45, 7) is -0.0807. The Balaban J connectivity index is 1.55. The molecular weight excluding hydrogens is 536 g/mol. The van der Waals surface area contributed by atoms with Gasteiger partial charge >= 0.3 is 11.9 Å². The fourth-order valence-electron chi connectivity index (χ4n) is 7.28. The van der Waals surface area contributed by atoms with Crippen LogP contribution in [-0.2, 0) is 28.8 Å². The molecule has 4 aliphatic rings. The number of carbonyl (C=O) groups excluding carboxylic acids is 4. The first kappa shape index (κ1) is 28.3. The quantitative estimate of drug-likeness (QED) is 0.278. The number of hydrogen-bond donors (Lipinski definition) is 3. The average molecular weight is 569 g/mol. The molecule has 4 amide bonds. The first-order valence-corrected chi connectivity index (χ1v) is 13.8. The first-order chi connectivity index (χ1) is 19.6. The highest BCUT2D eigenvalue weighted by Gasteiger charge is 2.62. The molecule has 2 heterocycles. The number of benzene rings is 1. The van der Waals surface area contributed by atoms with Crippen LogP contribution in [-0.4, -0.2) is 80.9 Å². The largest absolute Gasteiger partial charge is 0.508 e. The van der Waals surface area contributed by atoms with Gasteiger partial charge in [0.2, 0.25) is 23.6 Å². The normalized spacial score (nSPS) is 28.8.